The van der Waals surface area contributed by atoms with Gasteiger partial charge in [0, 0.05) is 5.56 Å². The Labute approximate surface area is 226 Å². The summed E-state index contributed by atoms with van der Waals surface area (Å²) >= 11 is -9.23. The maximum atomic E-state index is 10.3. The van der Waals surface area contributed by atoms with Gasteiger partial charge in [-0.15, -0.1) is 0 Å². The van der Waals surface area contributed by atoms with E-state index in [0.717, 1.165) is 29.7 Å². The number of halogens is 7. The van der Waals surface area contributed by atoms with Gasteiger partial charge in [0.25, 0.3) is 22.6 Å². The van der Waals surface area contributed by atoms with E-state index < -0.39 is 25.6 Å². The monoisotopic (exact) mass is 744 g/mol. The van der Waals surface area contributed by atoms with Gasteiger partial charge in [0.2, 0.25) is 0 Å². The van der Waals surface area contributed by atoms with Gasteiger partial charge >= 0.3 is 36.4 Å². The average Bonchev–Trinajstić information content (AvgIpc) is 2.77. The van der Waals surface area contributed by atoms with Crippen molar-refractivity contribution in [1.29, 1.82) is 0 Å². The maximum absolute atomic E-state index is 11.2. The number of aliphatic hydroxyl groups is 1. The van der Waals surface area contributed by atoms with Crippen LogP contribution in [0.15, 0.2) is 48.5 Å². The summed E-state index contributed by atoms with van der Waals surface area (Å²) < 4.78 is 66.8. The van der Waals surface area contributed by atoms with E-state index in [1.807, 2.05) is 40.8 Å². The SMILES string of the molecule is CCCCCCCCCCCCC(O)COc1ccccc1-c1ccc([IH+])cc1.[F][Sb-]([F])([F])([F])([F])[F]. The fraction of sp³-hybridized carbons (Fsp3) is 0.538. The number of hydrogen-bond acceptors (Lipinski definition) is 2. The van der Waals surface area contributed by atoms with Gasteiger partial charge in [-0.2, -0.15) is 0 Å². The summed E-state index contributed by atoms with van der Waals surface area (Å²) in [5, 5.41) is 10.3. The summed E-state index contributed by atoms with van der Waals surface area (Å²) in [5.41, 5.74) is 2.23. The molecule has 2 aromatic carbocycles. The van der Waals surface area contributed by atoms with Crippen LogP contribution in [-0.4, -0.2) is 37.3 Å². The molecule has 2 aromatic rings. The van der Waals surface area contributed by atoms with Crippen LogP contribution in [0.25, 0.3) is 11.1 Å². The Bertz CT molecular complexity index is 865. The number of hydrogen-bond donors (Lipinski definition) is 1. The molecule has 0 aliphatic carbocycles. The molecule has 10 heteroatoms. The summed E-state index contributed by atoms with van der Waals surface area (Å²) in [5.74, 6) is 0.847. The van der Waals surface area contributed by atoms with Gasteiger partial charge in [-0.1, -0.05) is 89.3 Å². The van der Waals surface area contributed by atoms with E-state index in [0.29, 0.717) is 6.61 Å². The molecule has 0 amide bonds. The molecule has 0 fully saturated rings. The summed E-state index contributed by atoms with van der Waals surface area (Å²) in [6.07, 6.45) is 13.6. The van der Waals surface area contributed by atoms with Crippen molar-refractivity contribution in [2.24, 2.45) is 0 Å². The zero-order valence-corrected chi connectivity index (χ0v) is 25.5. The van der Waals surface area contributed by atoms with Gasteiger partial charge in [-0.05, 0) is 42.3 Å². The van der Waals surface area contributed by atoms with Crippen molar-refractivity contribution in [3.05, 3.63) is 52.1 Å². The Kier molecular flexibility index (Phi) is 13.9. The molecule has 0 aliphatic heterocycles. The van der Waals surface area contributed by atoms with Crippen molar-refractivity contribution < 1.29 is 49.3 Å². The van der Waals surface area contributed by atoms with Crippen LogP contribution in [-0.2, 0) is 0 Å². The molecule has 0 heterocycles. The van der Waals surface area contributed by atoms with Gasteiger partial charge in [0.15, 0.2) is 3.57 Å². The number of para-hydroxylation sites is 1. The van der Waals surface area contributed by atoms with Crippen LogP contribution in [0.2, 0.25) is 0 Å². The molecule has 0 saturated carbocycles. The van der Waals surface area contributed by atoms with Crippen LogP contribution in [0.5, 0.6) is 5.75 Å². The number of unbranched alkanes of at least 4 members (excludes halogenated alkanes) is 9. The van der Waals surface area contributed by atoms with Crippen molar-refractivity contribution in [3.8, 4) is 16.9 Å². The number of aliphatic hydroxyl groups excluding tert-OH is 1. The van der Waals surface area contributed by atoms with E-state index in [1.165, 1.54) is 61.4 Å². The van der Waals surface area contributed by atoms with Crippen LogP contribution in [0.3, 0.4) is 0 Å². The van der Waals surface area contributed by atoms with Gasteiger partial charge < -0.3 is 9.84 Å². The topological polar surface area (TPSA) is 29.5 Å². The second kappa shape index (κ2) is 15.1. The summed E-state index contributed by atoms with van der Waals surface area (Å²) in [6.45, 7) is 2.63. The van der Waals surface area contributed by atoms with Crippen molar-refractivity contribution in [1.82, 2.24) is 0 Å². The molecule has 0 bridgehead atoms. The Morgan fingerprint density at radius 1 is 0.750 bits per heavy atom. The third kappa shape index (κ3) is 20.4. The Hall–Kier alpha value is -0.672. The Morgan fingerprint density at radius 2 is 1.22 bits per heavy atom. The van der Waals surface area contributed by atoms with Gasteiger partial charge in [-0.3, -0.25) is 0 Å². The number of benzene rings is 2. The molecular weight excluding hydrogens is 707 g/mol. The van der Waals surface area contributed by atoms with E-state index in [4.69, 9.17) is 4.74 Å². The van der Waals surface area contributed by atoms with E-state index in [-0.39, 0.29) is 0 Å². The molecule has 0 spiro atoms. The third-order valence-corrected chi connectivity index (χ3v) is 6.15. The van der Waals surface area contributed by atoms with E-state index in [1.54, 1.807) is 0 Å². The van der Waals surface area contributed by atoms with Crippen LogP contribution >= 0.6 is 0 Å². The van der Waals surface area contributed by atoms with E-state index in [2.05, 4.69) is 37.3 Å². The normalized spacial score (nSPS) is 14.2. The minimum absolute atomic E-state index is 0.362. The van der Waals surface area contributed by atoms with Gasteiger partial charge in [0.05, 0.1) is 6.10 Å². The molecule has 1 N–H and O–H groups in total. The summed E-state index contributed by atoms with van der Waals surface area (Å²) in [4.78, 5) is 0. The van der Waals surface area contributed by atoms with Crippen molar-refractivity contribution >= 4 is 19.5 Å². The van der Waals surface area contributed by atoms with Crippen LogP contribution in [0.1, 0.15) is 77.6 Å². The van der Waals surface area contributed by atoms with Crippen molar-refractivity contribution in [2.75, 3.05) is 6.61 Å². The zero-order chi connectivity index (χ0) is 27.1. The van der Waals surface area contributed by atoms with Gasteiger partial charge in [0.1, 0.15) is 12.4 Å². The van der Waals surface area contributed by atoms with E-state index in [9.17, 15) is 22.0 Å². The predicted molar refractivity (Wildman–Crippen MR) is 132 cm³/mol. The number of rotatable bonds is 15. The number of ether oxygens (including phenoxy) is 1. The minimum atomic E-state index is -11.2. The molecule has 0 aliphatic rings. The molecule has 208 valence electrons. The molecule has 2 nitrogen and oxygen atoms in total. The molecule has 0 aromatic heterocycles. The second-order valence-electron chi connectivity index (χ2n) is 8.91. The van der Waals surface area contributed by atoms with Crippen LogP contribution in [0.4, 0.5) is 16.9 Å². The Balaban J connectivity index is 0.000000809. The van der Waals surface area contributed by atoms with Crippen LogP contribution in [0, 0.1) is 3.57 Å². The van der Waals surface area contributed by atoms with Crippen LogP contribution < -0.4 is 27.3 Å². The first-order valence-corrected chi connectivity index (χ1v) is 19.3. The quantitative estimate of drug-likeness (QED) is 0.105. The standard InChI is InChI=1S/C26H38IO2.6FH.Sb/c1-2-3-4-5-6-7-8-9-10-11-14-24(28)21-29-26-16-13-12-15-25(26)22-17-19-23(27)20-18-22;;;;;;;/h12-13,15-20,24,27-28H,2-11,14,21H2,1H3;6*1H;/q+1;;;;;;;+5/p-6. The van der Waals surface area contributed by atoms with E-state index >= 15 is 0 Å². The van der Waals surface area contributed by atoms with Crippen molar-refractivity contribution in [2.45, 2.75) is 83.7 Å². The summed E-state index contributed by atoms with van der Waals surface area (Å²) in [7, 11) is 0. The first-order valence-electron chi connectivity index (χ1n) is 12.4. The fourth-order valence-electron chi connectivity index (χ4n) is 3.60. The van der Waals surface area contributed by atoms with Gasteiger partial charge in [-0.25, -0.2) is 0 Å². The molecular formula is C26H38F6IO2Sb. The second-order valence-corrected chi connectivity index (χ2v) is 15.7. The molecule has 1 unspecified atom stereocenters. The molecule has 36 heavy (non-hydrogen) atoms. The fourth-order valence-corrected chi connectivity index (χ4v) is 3.99. The predicted octanol–water partition coefficient (Wildman–Crippen LogP) is 6.00. The first kappa shape index (κ1) is 33.4. The Morgan fingerprint density at radius 3 is 1.75 bits per heavy atom. The zero-order valence-electron chi connectivity index (χ0n) is 20.7. The average molecular weight is 745 g/mol. The summed E-state index contributed by atoms with van der Waals surface area (Å²) in [6, 6.07) is 16.6. The molecule has 2 rings (SSSR count). The van der Waals surface area contributed by atoms with Crippen molar-refractivity contribution in [3.63, 3.8) is 0 Å². The first-order chi connectivity index (χ1) is 16.7. The molecule has 1 atom stereocenters. The molecule has 0 saturated heterocycles. The molecule has 0 radical (unpaired) electrons. The third-order valence-electron chi connectivity index (χ3n) is 5.37.